The summed E-state index contributed by atoms with van der Waals surface area (Å²) in [7, 11) is 1.92. The zero-order chi connectivity index (χ0) is 31.3. The van der Waals surface area contributed by atoms with Gasteiger partial charge in [-0.15, -0.1) is 0 Å². The summed E-state index contributed by atoms with van der Waals surface area (Å²) >= 11 is 0. The minimum Gasteiger partial charge on any atom is -0.507 e. The lowest BCUT2D eigenvalue weighted by atomic mass is 9.91. The van der Waals surface area contributed by atoms with Gasteiger partial charge in [-0.05, 0) is 51.0 Å². The Morgan fingerprint density at radius 3 is 1.71 bits per heavy atom. The van der Waals surface area contributed by atoms with Gasteiger partial charge < -0.3 is 24.1 Å². The predicted molar refractivity (Wildman–Crippen MR) is 175 cm³/mol. The number of aromatic hydroxyl groups is 1. The van der Waals surface area contributed by atoms with Gasteiger partial charge in [-0.1, -0.05) is 67.7 Å². The lowest BCUT2D eigenvalue weighted by Gasteiger charge is -2.43. The third kappa shape index (κ3) is 5.45. The molecule has 1 aliphatic rings. The van der Waals surface area contributed by atoms with Crippen molar-refractivity contribution in [1.82, 2.24) is 0 Å². The normalized spacial score (nSPS) is 14.7. The third-order valence-electron chi connectivity index (χ3n) is 9.94. The SMILES string of the molecule is COc1cc2c(c(OC)c1OC)CCC(=O)C=C2c1cc([Si](C)(C)C(C)(C)C)c(OC)c([Si](C)(C)C(C)(C)C)c1O. The molecule has 2 aromatic rings. The van der Waals surface area contributed by atoms with Crippen molar-refractivity contribution in [3.05, 3.63) is 34.9 Å². The summed E-state index contributed by atoms with van der Waals surface area (Å²) in [5.41, 5.74) is 2.98. The van der Waals surface area contributed by atoms with Crippen molar-refractivity contribution >= 4 is 37.9 Å². The largest absolute Gasteiger partial charge is 0.507 e. The Hall–Kier alpha value is -2.72. The molecule has 1 N–H and O–H groups in total. The van der Waals surface area contributed by atoms with E-state index in [0.29, 0.717) is 41.2 Å². The Balaban J connectivity index is 2.62. The molecule has 0 bridgehead atoms. The highest BCUT2D eigenvalue weighted by molar-refractivity contribution is 6.96. The van der Waals surface area contributed by atoms with Crippen molar-refractivity contribution in [1.29, 1.82) is 0 Å². The molecule has 41 heavy (non-hydrogen) atoms. The van der Waals surface area contributed by atoms with Crippen molar-refractivity contribution in [2.24, 2.45) is 0 Å². The molecule has 0 amide bonds. The maximum Gasteiger partial charge on any atom is 0.203 e. The van der Waals surface area contributed by atoms with E-state index < -0.39 is 16.1 Å². The summed E-state index contributed by atoms with van der Waals surface area (Å²) in [6, 6.07) is 4.00. The van der Waals surface area contributed by atoms with Gasteiger partial charge in [0.25, 0.3) is 0 Å². The second kappa shape index (κ2) is 11.2. The molecule has 0 radical (unpaired) electrons. The smallest absolute Gasteiger partial charge is 0.203 e. The minimum atomic E-state index is -2.36. The van der Waals surface area contributed by atoms with Crippen LogP contribution >= 0.6 is 0 Å². The number of fused-ring (bicyclic) bond motifs is 1. The van der Waals surface area contributed by atoms with Gasteiger partial charge in [0.15, 0.2) is 17.3 Å². The van der Waals surface area contributed by atoms with Crippen LogP contribution in [-0.2, 0) is 11.2 Å². The number of phenols is 1. The molecule has 0 unspecified atom stereocenters. The Morgan fingerprint density at radius 1 is 0.707 bits per heavy atom. The average Bonchev–Trinajstić information content (AvgIpc) is 3.03. The molecule has 0 saturated carbocycles. The number of hydrogen-bond acceptors (Lipinski definition) is 6. The number of ketones is 1. The van der Waals surface area contributed by atoms with Crippen LogP contribution in [0.25, 0.3) is 5.57 Å². The fourth-order valence-corrected chi connectivity index (χ4v) is 9.90. The first kappa shape index (κ1) is 32.8. The molecule has 0 aromatic heterocycles. The average molecular weight is 599 g/mol. The summed E-state index contributed by atoms with van der Waals surface area (Å²) in [6.45, 7) is 22.9. The zero-order valence-electron chi connectivity index (χ0n) is 27.6. The van der Waals surface area contributed by atoms with Gasteiger partial charge in [0.05, 0.1) is 44.6 Å². The van der Waals surface area contributed by atoms with Crippen molar-refractivity contribution in [2.75, 3.05) is 28.4 Å². The molecule has 2 aromatic carbocycles. The second-order valence-electron chi connectivity index (χ2n) is 14.2. The molecule has 0 atom stereocenters. The maximum atomic E-state index is 13.3. The van der Waals surface area contributed by atoms with Crippen LogP contribution in [0.3, 0.4) is 0 Å². The number of rotatable bonds is 7. The maximum absolute atomic E-state index is 13.3. The van der Waals surface area contributed by atoms with E-state index in [-0.39, 0.29) is 21.6 Å². The first-order chi connectivity index (χ1) is 18.8. The number of hydrogen-bond donors (Lipinski definition) is 1. The van der Waals surface area contributed by atoms with Crippen molar-refractivity contribution in [2.45, 2.75) is 90.6 Å². The van der Waals surface area contributed by atoms with E-state index in [1.807, 2.05) is 6.07 Å². The summed E-state index contributed by atoms with van der Waals surface area (Å²) in [5, 5.41) is 14.3. The fourth-order valence-electron chi connectivity index (χ4n) is 5.38. The fraction of sp³-hybridized carbons (Fsp3) is 0.545. The quantitative estimate of drug-likeness (QED) is 0.353. The summed E-state index contributed by atoms with van der Waals surface area (Å²) in [5.74, 6) is 2.53. The topological polar surface area (TPSA) is 74.2 Å². The highest BCUT2D eigenvalue weighted by atomic mass is 28.3. The molecule has 226 valence electrons. The molecule has 0 spiro atoms. The molecule has 0 fully saturated rings. The number of ether oxygens (including phenoxy) is 4. The molecule has 0 aliphatic heterocycles. The van der Waals surface area contributed by atoms with Crippen LogP contribution in [0.4, 0.5) is 0 Å². The number of phenolic OH excluding ortho intramolecular Hbond substituents is 1. The molecule has 0 heterocycles. The van der Waals surface area contributed by atoms with Gasteiger partial charge in [0.1, 0.15) is 11.5 Å². The molecule has 3 rings (SSSR count). The Labute approximate surface area is 249 Å². The van der Waals surface area contributed by atoms with E-state index >= 15 is 0 Å². The van der Waals surface area contributed by atoms with E-state index in [9.17, 15) is 9.90 Å². The number of allylic oxidation sites excluding steroid dienone is 1. The third-order valence-corrected chi connectivity index (χ3v) is 20.9. The van der Waals surface area contributed by atoms with Crippen LogP contribution in [0.15, 0.2) is 18.2 Å². The molecule has 8 heteroatoms. The van der Waals surface area contributed by atoms with E-state index in [0.717, 1.165) is 27.2 Å². The number of carbonyl (C=O) groups is 1. The van der Waals surface area contributed by atoms with Gasteiger partial charge in [0.2, 0.25) is 5.75 Å². The zero-order valence-corrected chi connectivity index (χ0v) is 29.6. The van der Waals surface area contributed by atoms with Gasteiger partial charge >= 0.3 is 0 Å². The lowest BCUT2D eigenvalue weighted by Crippen LogP contribution is -2.56. The van der Waals surface area contributed by atoms with Gasteiger partial charge in [-0.2, -0.15) is 0 Å². The first-order valence-electron chi connectivity index (χ1n) is 14.3. The highest BCUT2D eigenvalue weighted by Crippen LogP contribution is 2.49. The first-order valence-corrected chi connectivity index (χ1v) is 20.3. The Morgan fingerprint density at radius 2 is 1.24 bits per heavy atom. The molecule has 0 saturated heterocycles. The molecular formula is C33H50O6Si2. The van der Waals surface area contributed by atoms with Crippen molar-refractivity contribution in [3.63, 3.8) is 0 Å². The molecule has 6 nitrogen and oxygen atoms in total. The van der Waals surface area contributed by atoms with Crippen molar-refractivity contribution in [3.8, 4) is 28.7 Å². The number of carbonyl (C=O) groups excluding carboxylic acids is 1. The van der Waals surface area contributed by atoms with E-state index in [1.165, 1.54) is 0 Å². The van der Waals surface area contributed by atoms with Crippen LogP contribution in [0.2, 0.25) is 36.3 Å². The monoisotopic (exact) mass is 598 g/mol. The highest BCUT2D eigenvalue weighted by Gasteiger charge is 2.46. The lowest BCUT2D eigenvalue weighted by molar-refractivity contribution is -0.114. The van der Waals surface area contributed by atoms with Crippen LogP contribution in [0.5, 0.6) is 28.7 Å². The van der Waals surface area contributed by atoms with Crippen LogP contribution in [-0.4, -0.2) is 55.5 Å². The summed E-state index contributed by atoms with van der Waals surface area (Å²) < 4.78 is 23.5. The van der Waals surface area contributed by atoms with E-state index in [2.05, 4.69) is 73.8 Å². The molecule has 1 aliphatic carbocycles. The Kier molecular flexibility index (Phi) is 8.94. The van der Waals surface area contributed by atoms with E-state index in [1.54, 1.807) is 34.5 Å². The summed E-state index contributed by atoms with van der Waals surface area (Å²) in [6.07, 6.45) is 2.49. The molecular weight excluding hydrogens is 549 g/mol. The van der Waals surface area contributed by atoms with Crippen molar-refractivity contribution < 1.29 is 28.8 Å². The van der Waals surface area contributed by atoms with Crippen LogP contribution < -0.4 is 29.3 Å². The minimum absolute atomic E-state index is 0.00455. The van der Waals surface area contributed by atoms with Crippen LogP contribution in [0, 0.1) is 0 Å². The number of methoxy groups -OCH3 is 4. The predicted octanol–water partition coefficient (Wildman–Crippen LogP) is 6.80. The van der Waals surface area contributed by atoms with Crippen LogP contribution in [0.1, 0.15) is 64.7 Å². The number of benzene rings is 2. The van der Waals surface area contributed by atoms with Gasteiger partial charge in [-0.25, -0.2) is 0 Å². The van der Waals surface area contributed by atoms with Gasteiger partial charge in [-0.3, -0.25) is 4.79 Å². The Bertz CT molecular complexity index is 1370. The summed E-state index contributed by atoms with van der Waals surface area (Å²) in [4.78, 5) is 13.3. The van der Waals surface area contributed by atoms with Gasteiger partial charge in [0, 0.05) is 22.7 Å². The van der Waals surface area contributed by atoms with E-state index in [4.69, 9.17) is 18.9 Å². The standard InChI is InChI=1S/C33H50O6Si2/c1-32(2,3)40(11,12)26-19-24(27(35)31(30(26)39-10)41(13,14)33(4,5)6)22-17-20(34)15-16-21-23(22)18-25(36-7)29(38-9)28(21)37-8/h17-19,35H,15-16H2,1-14H3. The second-order valence-corrected chi connectivity index (χ2v) is 24.7.